The number of benzene rings is 2. The highest BCUT2D eigenvalue weighted by molar-refractivity contribution is 5.94. The quantitative estimate of drug-likeness (QED) is 0.419. The summed E-state index contributed by atoms with van der Waals surface area (Å²) in [5, 5.41) is 9.13. The van der Waals surface area contributed by atoms with Crippen LogP contribution in [0.3, 0.4) is 0 Å². The first-order valence-corrected chi connectivity index (χ1v) is 10.7. The first kappa shape index (κ1) is 19.0. The average Bonchev–Trinajstić information content (AvgIpc) is 3.44. The molecule has 6 heteroatoms. The highest BCUT2D eigenvalue weighted by Crippen LogP contribution is 2.38. The summed E-state index contributed by atoms with van der Waals surface area (Å²) in [6, 6.07) is 11.1. The Hall–Kier alpha value is -3.02. The second-order valence-corrected chi connectivity index (χ2v) is 8.49. The highest BCUT2D eigenvalue weighted by Gasteiger charge is 2.24. The van der Waals surface area contributed by atoms with Crippen LogP contribution in [0.5, 0.6) is 0 Å². The van der Waals surface area contributed by atoms with Crippen LogP contribution in [0, 0.1) is 25.6 Å². The number of halogens is 1. The summed E-state index contributed by atoms with van der Waals surface area (Å²) in [5.74, 6) is 2.83. The zero-order chi connectivity index (χ0) is 20.8. The fourth-order valence-electron chi connectivity index (χ4n) is 4.13. The van der Waals surface area contributed by atoms with Crippen molar-refractivity contribution < 1.29 is 4.39 Å². The zero-order valence-electron chi connectivity index (χ0n) is 17.7. The van der Waals surface area contributed by atoms with E-state index in [0.29, 0.717) is 5.78 Å². The van der Waals surface area contributed by atoms with Gasteiger partial charge in [0.1, 0.15) is 17.5 Å². The summed E-state index contributed by atoms with van der Waals surface area (Å²) >= 11 is 0. The van der Waals surface area contributed by atoms with Crippen LogP contribution in [0.2, 0.25) is 0 Å². The number of anilines is 2. The van der Waals surface area contributed by atoms with Gasteiger partial charge in [-0.2, -0.15) is 4.98 Å². The first-order valence-electron chi connectivity index (χ1n) is 10.7. The van der Waals surface area contributed by atoms with Crippen LogP contribution in [-0.4, -0.2) is 26.1 Å². The third-order valence-electron chi connectivity index (χ3n) is 6.06. The summed E-state index contributed by atoms with van der Waals surface area (Å²) in [7, 11) is 0. The van der Waals surface area contributed by atoms with E-state index in [2.05, 4.69) is 47.1 Å². The molecule has 0 spiro atoms. The van der Waals surface area contributed by atoms with Crippen molar-refractivity contribution in [1.29, 1.82) is 0 Å². The van der Waals surface area contributed by atoms with E-state index >= 15 is 0 Å². The predicted octanol–water partition coefficient (Wildman–Crippen LogP) is 5.53. The van der Waals surface area contributed by atoms with Crippen LogP contribution in [0.4, 0.5) is 15.9 Å². The van der Waals surface area contributed by atoms with Gasteiger partial charge in [0.25, 0.3) is 5.78 Å². The van der Waals surface area contributed by atoms with E-state index < -0.39 is 0 Å². The third-order valence-corrected chi connectivity index (χ3v) is 6.06. The Morgan fingerprint density at radius 3 is 2.63 bits per heavy atom. The van der Waals surface area contributed by atoms with Gasteiger partial charge in [0.05, 0.1) is 5.52 Å². The lowest BCUT2D eigenvalue weighted by molar-refractivity contribution is 0.629. The topological polar surface area (TPSA) is 46.3 Å². The molecule has 1 fully saturated rings. The SMILES string of the molecule is CC1CC1.Cc1cccc2c1CCCN2c1nc2nnc(C)n2c2ccc(F)cc12. The molecule has 0 radical (unpaired) electrons. The van der Waals surface area contributed by atoms with E-state index in [1.54, 1.807) is 12.1 Å². The van der Waals surface area contributed by atoms with Gasteiger partial charge in [0.2, 0.25) is 0 Å². The molecule has 5 nitrogen and oxygen atoms in total. The van der Waals surface area contributed by atoms with Crippen molar-refractivity contribution in [3.8, 4) is 0 Å². The lowest BCUT2D eigenvalue weighted by atomic mass is 9.97. The number of hydrogen-bond acceptors (Lipinski definition) is 4. The second kappa shape index (κ2) is 7.35. The third kappa shape index (κ3) is 3.30. The maximum atomic E-state index is 14.1. The summed E-state index contributed by atoms with van der Waals surface area (Å²) in [5.41, 5.74) is 4.63. The maximum absolute atomic E-state index is 14.1. The van der Waals surface area contributed by atoms with Gasteiger partial charge >= 0.3 is 0 Å². The smallest absolute Gasteiger partial charge is 0.257 e. The molecule has 1 saturated carbocycles. The fourth-order valence-corrected chi connectivity index (χ4v) is 4.13. The van der Waals surface area contributed by atoms with Crippen LogP contribution in [0.1, 0.15) is 43.1 Å². The van der Waals surface area contributed by atoms with E-state index in [1.165, 1.54) is 30.0 Å². The van der Waals surface area contributed by atoms with Crippen LogP contribution < -0.4 is 4.90 Å². The molecule has 2 aromatic carbocycles. The van der Waals surface area contributed by atoms with Crippen molar-refractivity contribution >= 4 is 28.2 Å². The van der Waals surface area contributed by atoms with E-state index in [1.807, 2.05) is 11.3 Å². The number of aryl methyl sites for hydroxylation is 2. The van der Waals surface area contributed by atoms with Gasteiger partial charge in [-0.25, -0.2) is 4.39 Å². The first-order chi connectivity index (χ1) is 14.5. The number of fused-ring (bicyclic) bond motifs is 4. The Bertz CT molecular complexity index is 1240. The Kier molecular flexibility index (Phi) is 4.65. The van der Waals surface area contributed by atoms with Crippen molar-refractivity contribution in [3.05, 3.63) is 59.2 Å². The van der Waals surface area contributed by atoms with Crippen molar-refractivity contribution in [2.45, 2.75) is 46.5 Å². The average molecular weight is 404 g/mol. The molecule has 0 N–H and O–H groups in total. The Morgan fingerprint density at radius 1 is 1.07 bits per heavy atom. The molecule has 6 rings (SSSR count). The van der Waals surface area contributed by atoms with E-state index in [0.717, 1.165) is 53.5 Å². The molecule has 0 amide bonds. The van der Waals surface area contributed by atoms with Gasteiger partial charge in [-0.05, 0) is 68.0 Å². The molecule has 0 unspecified atom stereocenters. The van der Waals surface area contributed by atoms with Gasteiger partial charge in [-0.1, -0.05) is 31.9 Å². The van der Waals surface area contributed by atoms with Crippen LogP contribution in [-0.2, 0) is 6.42 Å². The molecule has 1 aliphatic carbocycles. The van der Waals surface area contributed by atoms with Crippen molar-refractivity contribution in [1.82, 2.24) is 19.6 Å². The number of nitrogens with zero attached hydrogens (tertiary/aromatic N) is 5. The number of hydrogen-bond donors (Lipinski definition) is 0. The largest absolute Gasteiger partial charge is 0.325 e. The molecule has 2 aromatic heterocycles. The minimum absolute atomic E-state index is 0.271. The van der Waals surface area contributed by atoms with Crippen molar-refractivity contribution in [3.63, 3.8) is 0 Å². The molecular formula is C24H26FN5. The van der Waals surface area contributed by atoms with Crippen LogP contribution in [0.25, 0.3) is 16.7 Å². The molecule has 2 aliphatic rings. The molecule has 0 atom stereocenters. The standard InChI is InChI=1S/C20H18FN5.C4H8/c1-12-5-3-7-17-15(12)6-4-10-25(17)19-16-11-14(21)8-9-18(16)26-13(2)23-24-20(26)22-19;1-4-2-3-4/h3,5,7-9,11H,4,6,10H2,1-2H3;4H,2-3H2,1H3. The number of rotatable bonds is 1. The lowest BCUT2D eigenvalue weighted by Gasteiger charge is -2.32. The summed E-state index contributed by atoms with van der Waals surface area (Å²) in [4.78, 5) is 6.96. The van der Waals surface area contributed by atoms with Gasteiger partial charge in [0.15, 0.2) is 0 Å². The van der Waals surface area contributed by atoms with E-state index in [9.17, 15) is 4.39 Å². The van der Waals surface area contributed by atoms with Gasteiger partial charge in [-0.3, -0.25) is 4.40 Å². The summed E-state index contributed by atoms with van der Waals surface area (Å²) in [6.45, 7) is 7.14. The highest BCUT2D eigenvalue weighted by atomic mass is 19.1. The predicted molar refractivity (Wildman–Crippen MR) is 118 cm³/mol. The normalized spacial score (nSPS) is 15.8. The molecular weight excluding hydrogens is 377 g/mol. The van der Waals surface area contributed by atoms with E-state index in [4.69, 9.17) is 4.98 Å². The van der Waals surface area contributed by atoms with Gasteiger partial charge in [-0.15, -0.1) is 10.2 Å². The molecule has 30 heavy (non-hydrogen) atoms. The second-order valence-electron chi connectivity index (χ2n) is 8.49. The fraction of sp³-hybridized carbons (Fsp3) is 0.375. The molecule has 4 aromatic rings. The molecule has 154 valence electrons. The Labute approximate surface area is 175 Å². The summed E-state index contributed by atoms with van der Waals surface area (Å²) in [6.07, 6.45) is 5.06. The lowest BCUT2D eigenvalue weighted by Crippen LogP contribution is -2.26. The molecule has 3 heterocycles. The van der Waals surface area contributed by atoms with Crippen molar-refractivity contribution in [2.24, 2.45) is 5.92 Å². The minimum atomic E-state index is -0.271. The molecule has 0 saturated heterocycles. The maximum Gasteiger partial charge on any atom is 0.257 e. The van der Waals surface area contributed by atoms with Gasteiger partial charge in [0, 0.05) is 17.6 Å². The Balaban J connectivity index is 0.000000434. The zero-order valence-corrected chi connectivity index (χ0v) is 17.7. The molecule has 1 aliphatic heterocycles. The molecule has 0 bridgehead atoms. The minimum Gasteiger partial charge on any atom is -0.325 e. The van der Waals surface area contributed by atoms with Crippen LogP contribution >= 0.6 is 0 Å². The summed E-state index contributed by atoms with van der Waals surface area (Å²) < 4.78 is 16.0. The Morgan fingerprint density at radius 2 is 1.87 bits per heavy atom. The van der Waals surface area contributed by atoms with E-state index in [-0.39, 0.29) is 5.82 Å². The monoisotopic (exact) mass is 403 g/mol. The van der Waals surface area contributed by atoms with Gasteiger partial charge < -0.3 is 4.90 Å². The van der Waals surface area contributed by atoms with Crippen LogP contribution in [0.15, 0.2) is 36.4 Å². The van der Waals surface area contributed by atoms with Crippen molar-refractivity contribution in [2.75, 3.05) is 11.4 Å². The number of aromatic nitrogens is 4.